The molecule has 3 rings (SSSR count). The molecule has 1 N–H and O–H groups in total. The van der Waals surface area contributed by atoms with E-state index >= 15 is 0 Å². The Bertz CT molecular complexity index is 987. The second-order valence-electron chi connectivity index (χ2n) is 6.62. The topological polar surface area (TPSA) is 98.6 Å². The molecule has 1 saturated heterocycles. The maximum absolute atomic E-state index is 12.6. The number of carbonyl (C=O) groups is 1. The van der Waals surface area contributed by atoms with E-state index in [0.717, 1.165) is 0 Å². The lowest BCUT2D eigenvalue weighted by Gasteiger charge is -2.28. The molecular formula is C18H20Cl3N5O4. The monoisotopic (exact) mass is 475 g/mol. The SMILES string of the molecule is Cc1ncc(NC(=O)OCC(Cl)(Cl)Cl)cc1-c1cc(N2CCOCC2)c(=O)n(C)n1. The summed E-state index contributed by atoms with van der Waals surface area (Å²) >= 11 is 16.7. The van der Waals surface area contributed by atoms with Gasteiger partial charge in [0.1, 0.15) is 12.3 Å². The Hall–Kier alpha value is -2.07. The highest BCUT2D eigenvalue weighted by molar-refractivity contribution is 6.67. The molecule has 12 heteroatoms. The fourth-order valence-electron chi connectivity index (χ4n) is 2.92. The van der Waals surface area contributed by atoms with Crippen LogP contribution in [0.3, 0.4) is 0 Å². The molecular weight excluding hydrogens is 457 g/mol. The highest BCUT2D eigenvalue weighted by Crippen LogP contribution is 2.27. The van der Waals surface area contributed by atoms with Gasteiger partial charge < -0.3 is 14.4 Å². The van der Waals surface area contributed by atoms with Crippen molar-refractivity contribution in [3.05, 3.63) is 34.4 Å². The minimum Gasteiger partial charge on any atom is -0.445 e. The second-order valence-corrected chi connectivity index (χ2v) is 9.13. The average molecular weight is 477 g/mol. The van der Waals surface area contributed by atoms with Gasteiger partial charge in [-0.25, -0.2) is 9.48 Å². The van der Waals surface area contributed by atoms with Gasteiger partial charge in [-0.3, -0.25) is 15.1 Å². The minimum absolute atomic E-state index is 0.198. The first-order chi connectivity index (χ1) is 14.1. The molecule has 0 aromatic carbocycles. The third-order valence-corrected chi connectivity index (χ3v) is 4.70. The van der Waals surface area contributed by atoms with Crippen molar-refractivity contribution < 1.29 is 14.3 Å². The van der Waals surface area contributed by atoms with Crippen LogP contribution in [0.5, 0.6) is 0 Å². The van der Waals surface area contributed by atoms with Gasteiger partial charge >= 0.3 is 6.09 Å². The molecule has 0 spiro atoms. The number of rotatable bonds is 4. The largest absolute Gasteiger partial charge is 0.445 e. The molecule has 0 unspecified atom stereocenters. The number of aryl methyl sites for hydroxylation is 2. The summed E-state index contributed by atoms with van der Waals surface area (Å²) in [5.74, 6) is 0. The smallest absolute Gasteiger partial charge is 0.411 e. The van der Waals surface area contributed by atoms with E-state index in [1.165, 1.54) is 10.9 Å². The molecule has 2 aromatic rings. The van der Waals surface area contributed by atoms with E-state index in [9.17, 15) is 9.59 Å². The maximum Gasteiger partial charge on any atom is 0.411 e. The molecule has 0 atom stereocenters. The quantitative estimate of drug-likeness (QED) is 0.677. The number of aromatic nitrogens is 3. The van der Waals surface area contributed by atoms with Crippen molar-refractivity contribution in [2.45, 2.75) is 10.7 Å². The Labute approximate surface area is 187 Å². The Morgan fingerprint density at radius 1 is 1.30 bits per heavy atom. The number of carbonyl (C=O) groups excluding carboxylic acids is 1. The molecule has 162 valence electrons. The van der Waals surface area contributed by atoms with Crippen molar-refractivity contribution in [1.82, 2.24) is 14.8 Å². The molecule has 0 bridgehead atoms. The third-order valence-electron chi connectivity index (χ3n) is 4.37. The summed E-state index contributed by atoms with van der Waals surface area (Å²) in [6, 6.07) is 3.41. The minimum atomic E-state index is -1.71. The van der Waals surface area contributed by atoms with E-state index in [4.69, 9.17) is 44.3 Å². The molecule has 3 heterocycles. The number of alkyl halides is 3. The lowest BCUT2D eigenvalue weighted by Crippen LogP contribution is -2.40. The van der Waals surface area contributed by atoms with Gasteiger partial charge in [0.05, 0.1) is 30.8 Å². The highest BCUT2D eigenvalue weighted by Gasteiger charge is 2.22. The third kappa shape index (κ3) is 5.75. The van der Waals surface area contributed by atoms with Crippen LogP contribution in [-0.4, -0.2) is 57.6 Å². The van der Waals surface area contributed by atoms with Crippen LogP contribution in [0.2, 0.25) is 0 Å². The van der Waals surface area contributed by atoms with E-state index in [0.29, 0.717) is 54.6 Å². The van der Waals surface area contributed by atoms with Gasteiger partial charge in [0, 0.05) is 31.4 Å². The predicted molar refractivity (Wildman–Crippen MR) is 116 cm³/mol. The molecule has 2 aromatic heterocycles. The predicted octanol–water partition coefficient (Wildman–Crippen LogP) is 2.91. The number of hydrogen-bond donors (Lipinski definition) is 1. The molecule has 30 heavy (non-hydrogen) atoms. The summed E-state index contributed by atoms with van der Waals surface area (Å²) in [5.41, 5.74) is 2.57. The number of morpholine rings is 1. The van der Waals surface area contributed by atoms with Crippen LogP contribution in [0, 0.1) is 6.92 Å². The first-order valence-corrected chi connectivity index (χ1v) is 10.2. The van der Waals surface area contributed by atoms with Crippen LogP contribution in [0.4, 0.5) is 16.2 Å². The van der Waals surface area contributed by atoms with Gasteiger partial charge in [0.15, 0.2) is 0 Å². The van der Waals surface area contributed by atoms with Gasteiger partial charge in [-0.15, -0.1) is 0 Å². The van der Waals surface area contributed by atoms with Crippen LogP contribution in [0.15, 0.2) is 23.1 Å². The van der Waals surface area contributed by atoms with Crippen molar-refractivity contribution >= 4 is 52.3 Å². The van der Waals surface area contributed by atoms with Gasteiger partial charge in [0.2, 0.25) is 3.79 Å². The summed E-state index contributed by atoms with van der Waals surface area (Å²) in [7, 11) is 1.59. The first-order valence-electron chi connectivity index (χ1n) is 9.02. The number of halogens is 3. The number of ether oxygens (including phenoxy) is 2. The van der Waals surface area contributed by atoms with Crippen LogP contribution < -0.4 is 15.8 Å². The standard InChI is InChI=1S/C18H20Cl3N5O4/c1-11-13(7-12(9-22-11)23-17(28)30-10-18(19,20)21)14-8-15(16(27)25(2)24-14)26-3-5-29-6-4-26/h7-9H,3-6,10H2,1-2H3,(H,23,28). The second kappa shape index (κ2) is 9.38. The fourth-order valence-corrected chi connectivity index (χ4v) is 3.08. The zero-order valence-electron chi connectivity index (χ0n) is 16.3. The number of anilines is 2. The van der Waals surface area contributed by atoms with Gasteiger partial charge in [-0.2, -0.15) is 5.10 Å². The van der Waals surface area contributed by atoms with Crippen molar-refractivity contribution in [2.75, 3.05) is 43.1 Å². The van der Waals surface area contributed by atoms with Crippen molar-refractivity contribution in [3.63, 3.8) is 0 Å². The van der Waals surface area contributed by atoms with E-state index in [2.05, 4.69) is 15.4 Å². The van der Waals surface area contributed by atoms with Crippen molar-refractivity contribution in [2.24, 2.45) is 7.05 Å². The van der Waals surface area contributed by atoms with Crippen molar-refractivity contribution in [3.8, 4) is 11.3 Å². The molecule has 0 aliphatic carbocycles. The zero-order valence-corrected chi connectivity index (χ0v) is 18.6. The Morgan fingerprint density at radius 3 is 2.67 bits per heavy atom. The van der Waals surface area contributed by atoms with Crippen LogP contribution in [-0.2, 0) is 16.5 Å². The molecule has 0 radical (unpaired) electrons. The van der Waals surface area contributed by atoms with Crippen LogP contribution in [0.1, 0.15) is 5.69 Å². The number of nitrogens with one attached hydrogen (secondary N) is 1. The number of amides is 1. The fraction of sp³-hybridized carbons (Fsp3) is 0.444. The number of hydrogen-bond acceptors (Lipinski definition) is 7. The van der Waals surface area contributed by atoms with E-state index in [1.807, 2.05) is 11.8 Å². The summed E-state index contributed by atoms with van der Waals surface area (Å²) in [6.45, 7) is 3.75. The Kier molecular flexibility index (Phi) is 7.07. The summed E-state index contributed by atoms with van der Waals surface area (Å²) < 4.78 is 9.81. The lowest BCUT2D eigenvalue weighted by atomic mass is 10.1. The van der Waals surface area contributed by atoms with Crippen LogP contribution in [0.25, 0.3) is 11.3 Å². The summed E-state index contributed by atoms with van der Waals surface area (Å²) in [4.78, 5) is 30.8. The molecule has 1 amide bonds. The van der Waals surface area contributed by atoms with Gasteiger partial charge in [-0.1, -0.05) is 34.8 Å². The van der Waals surface area contributed by atoms with E-state index in [-0.39, 0.29) is 5.56 Å². The highest BCUT2D eigenvalue weighted by atomic mass is 35.6. The van der Waals surface area contributed by atoms with Crippen molar-refractivity contribution in [1.29, 1.82) is 0 Å². The molecule has 1 aliphatic rings. The van der Waals surface area contributed by atoms with Gasteiger partial charge in [0.25, 0.3) is 5.56 Å². The summed E-state index contributed by atoms with van der Waals surface area (Å²) in [6.07, 6.45) is 0.681. The number of pyridine rings is 1. The van der Waals surface area contributed by atoms with E-state index in [1.54, 1.807) is 19.2 Å². The first kappa shape index (κ1) is 22.6. The van der Waals surface area contributed by atoms with Crippen LogP contribution >= 0.6 is 34.8 Å². The number of nitrogens with zero attached hydrogens (tertiary/aromatic N) is 4. The van der Waals surface area contributed by atoms with Gasteiger partial charge in [-0.05, 0) is 19.1 Å². The normalized spacial score (nSPS) is 14.5. The molecule has 9 nitrogen and oxygen atoms in total. The molecule has 1 aliphatic heterocycles. The summed E-state index contributed by atoms with van der Waals surface area (Å²) in [5, 5.41) is 6.89. The maximum atomic E-state index is 12.6. The average Bonchev–Trinajstić information content (AvgIpc) is 2.70. The zero-order chi connectivity index (χ0) is 21.9. The molecule has 0 saturated carbocycles. The van der Waals surface area contributed by atoms with E-state index < -0.39 is 16.5 Å². The lowest BCUT2D eigenvalue weighted by molar-refractivity contribution is 0.122. The Balaban J connectivity index is 1.88. The molecule has 1 fully saturated rings. The Morgan fingerprint density at radius 2 is 2.00 bits per heavy atom.